The van der Waals surface area contributed by atoms with Gasteiger partial charge in [0.1, 0.15) is 5.82 Å². The number of benzene rings is 1. The molecule has 3 N–H and O–H groups in total. The highest BCUT2D eigenvalue weighted by atomic mass is 19.1. The standard InChI is InChI=1S/C15H18FNO4/c16-12-3-1-2-9(4-12)5-14(19)17-8-11-6-10(15(20)21)7-13(11)18/h1-4,10-11,13,18H,5-8H2,(H,17,19)(H,20,21)/t10?,11-,13-/m1/s1. The molecule has 5 nitrogen and oxygen atoms in total. The van der Waals surface area contributed by atoms with Gasteiger partial charge in [-0.1, -0.05) is 12.1 Å². The molecule has 1 aromatic rings. The molecule has 0 aliphatic heterocycles. The van der Waals surface area contributed by atoms with Crippen molar-refractivity contribution in [3.63, 3.8) is 0 Å². The molecule has 0 saturated heterocycles. The quantitative estimate of drug-likeness (QED) is 0.755. The minimum absolute atomic E-state index is 0.0585. The van der Waals surface area contributed by atoms with Gasteiger partial charge in [0.15, 0.2) is 0 Å². The summed E-state index contributed by atoms with van der Waals surface area (Å²) in [5.41, 5.74) is 0.572. The predicted octanol–water partition coefficient (Wildman–Crippen LogP) is 0.956. The topological polar surface area (TPSA) is 86.6 Å². The van der Waals surface area contributed by atoms with Crippen LogP contribution in [-0.2, 0) is 16.0 Å². The molecular formula is C15H18FNO4. The molecule has 6 heteroatoms. The van der Waals surface area contributed by atoms with Gasteiger partial charge >= 0.3 is 5.97 Å². The fraction of sp³-hybridized carbons (Fsp3) is 0.467. The normalized spacial score (nSPS) is 24.8. The van der Waals surface area contributed by atoms with Gasteiger partial charge in [0.2, 0.25) is 5.91 Å². The SMILES string of the molecule is O=C(Cc1cccc(F)c1)NC[C@H]1CC(C(=O)O)C[C@H]1O. The molecular weight excluding hydrogens is 277 g/mol. The maximum atomic E-state index is 13.0. The van der Waals surface area contributed by atoms with Gasteiger partial charge in [0, 0.05) is 12.5 Å². The smallest absolute Gasteiger partial charge is 0.306 e. The number of hydrogen-bond donors (Lipinski definition) is 3. The molecule has 1 amide bonds. The summed E-state index contributed by atoms with van der Waals surface area (Å²) in [6, 6.07) is 5.80. The lowest BCUT2D eigenvalue weighted by molar-refractivity contribution is -0.141. The van der Waals surface area contributed by atoms with Gasteiger partial charge in [0.05, 0.1) is 18.4 Å². The van der Waals surface area contributed by atoms with E-state index in [4.69, 9.17) is 5.11 Å². The highest BCUT2D eigenvalue weighted by Crippen LogP contribution is 2.31. The number of hydrogen-bond acceptors (Lipinski definition) is 3. The number of aliphatic hydroxyl groups is 1. The van der Waals surface area contributed by atoms with E-state index in [2.05, 4.69) is 5.32 Å². The molecule has 0 radical (unpaired) electrons. The van der Waals surface area contributed by atoms with Crippen molar-refractivity contribution in [2.75, 3.05) is 6.54 Å². The van der Waals surface area contributed by atoms with Gasteiger partial charge in [0.25, 0.3) is 0 Å². The van der Waals surface area contributed by atoms with Crippen LogP contribution in [0.3, 0.4) is 0 Å². The summed E-state index contributed by atoms with van der Waals surface area (Å²) in [4.78, 5) is 22.6. The molecule has 1 saturated carbocycles. The minimum Gasteiger partial charge on any atom is -0.481 e. The third-order valence-electron chi connectivity index (χ3n) is 3.82. The first kappa shape index (κ1) is 15.4. The predicted molar refractivity (Wildman–Crippen MR) is 73.0 cm³/mol. The first-order valence-corrected chi connectivity index (χ1v) is 6.87. The molecule has 0 aromatic heterocycles. The van der Waals surface area contributed by atoms with Crippen LogP contribution in [-0.4, -0.2) is 34.7 Å². The zero-order valence-corrected chi connectivity index (χ0v) is 11.5. The molecule has 0 heterocycles. The van der Waals surface area contributed by atoms with Crippen molar-refractivity contribution in [1.29, 1.82) is 0 Å². The first-order valence-electron chi connectivity index (χ1n) is 6.87. The van der Waals surface area contributed by atoms with Crippen LogP contribution in [0.25, 0.3) is 0 Å². The van der Waals surface area contributed by atoms with Crippen molar-refractivity contribution in [3.05, 3.63) is 35.6 Å². The molecule has 0 spiro atoms. The fourth-order valence-corrected chi connectivity index (χ4v) is 2.66. The molecule has 114 valence electrons. The molecule has 2 rings (SSSR count). The van der Waals surface area contributed by atoms with Crippen LogP contribution in [0.5, 0.6) is 0 Å². The van der Waals surface area contributed by atoms with E-state index in [1.807, 2.05) is 0 Å². The van der Waals surface area contributed by atoms with Gasteiger partial charge in [-0.05, 0) is 30.5 Å². The van der Waals surface area contributed by atoms with Gasteiger partial charge in [-0.25, -0.2) is 4.39 Å². The largest absolute Gasteiger partial charge is 0.481 e. The van der Waals surface area contributed by atoms with Crippen LogP contribution in [0, 0.1) is 17.7 Å². The summed E-state index contributed by atoms with van der Waals surface area (Å²) in [5, 5.41) is 21.4. The third kappa shape index (κ3) is 4.26. The molecule has 21 heavy (non-hydrogen) atoms. The number of rotatable bonds is 5. The fourth-order valence-electron chi connectivity index (χ4n) is 2.66. The second-order valence-electron chi connectivity index (χ2n) is 5.44. The zero-order valence-electron chi connectivity index (χ0n) is 11.5. The van der Waals surface area contributed by atoms with Crippen LogP contribution >= 0.6 is 0 Å². The number of amides is 1. The molecule has 3 atom stereocenters. The summed E-state index contributed by atoms with van der Waals surface area (Å²) < 4.78 is 13.0. The Morgan fingerprint density at radius 3 is 2.71 bits per heavy atom. The van der Waals surface area contributed by atoms with Gasteiger partial charge in [-0.2, -0.15) is 0 Å². The van der Waals surface area contributed by atoms with E-state index < -0.39 is 23.8 Å². The van der Waals surface area contributed by atoms with E-state index >= 15 is 0 Å². The molecule has 1 unspecified atom stereocenters. The Hall–Kier alpha value is -1.95. The maximum absolute atomic E-state index is 13.0. The summed E-state index contributed by atoms with van der Waals surface area (Å²) in [5.74, 6) is -2.38. The Labute approximate surface area is 121 Å². The number of aliphatic carboxylic acids is 1. The van der Waals surface area contributed by atoms with Crippen molar-refractivity contribution in [2.24, 2.45) is 11.8 Å². The number of carboxylic acid groups (broad SMARTS) is 1. The van der Waals surface area contributed by atoms with Crippen LogP contribution in [0.15, 0.2) is 24.3 Å². The van der Waals surface area contributed by atoms with E-state index in [9.17, 15) is 19.1 Å². The van der Waals surface area contributed by atoms with Gasteiger partial charge < -0.3 is 15.5 Å². The summed E-state index contributed by atoms with van der Waals surface area (Å²) >= 11 is 0. The minimum atomic E-state index is -0.914. The van der Waals surface area contributed by atoms with Crippen LogP contribution in [0.1, 0.15) is 18.4 Å². The lowest BCUT2D eigenvalue weighted by Crippen LogP contribution is -2.33. The zero-order chi connectivity index (χ0) is 15.4. The second-order valence-corrected chi connectivity index (χ2v) is 5.44. The van der Waals surface area contributed by atoms with E-state index in [0.717, 1.165) is 0 Å². The maximum Gasteiger partial charge on any atom is 0.306 e. The number of aliphatic hydroxyl groups excluding tert-OH is 1. The number of halogens is 1. The van der Waals surface area contributed by atoms with Crippen LogP contribution in [0.2, 0.25) is 0 Å². The molecule has 1 fully saturated rings. The average molecular weight is 295 g/mol. The van der Waals surface area contributed by atoms with E-state index in [1.165, 1.54) is 18.2 Å². The van der Waals surface area contributed by atoms with Crippen molar-refractivity contribution in [2.45, 2.75) is 25.4 Å². The lowest BCUT2D eigenvalue weighted by atomic mass is 10.0. The number of carbonyl (C=O) groups excluding carboxylic acids is 1. The Balaban J connectivity index is 1.80. The molecule has 1 aromatic carbocycles. The van der Waals surface area contributed by atoms with E-state index in [0.29, 0.717) is 12.0 Å². The van der Waals surface area contributed by atoms with Gasteiger partial charge in [-0.3, -0.25) is 9.59 Å². The third-order valence-corrected chi connectivity index (χ3v) is 3.82. The van der Waals surface area contributed by atoms with Crippen LogP contribution < -0.4 is 5.32 Å². The second kappa shape index (κ2) is 6.67. The average Bonchev–Trinajstić information content (AvgIpc) is 2.78. The van der Waals surface area contributed by atoms with E-state index in [1.54, 1.807) is 6.07 Å². The Morgan fingerprint density at radius 1 is 1.33 bits per heavy atom. The number of nitrogens with one attached hydrogen (secondary N) is 1. The van der Waals surface area contributed by atoms with Crippen molar-refractivity contribution in [3.8, 4) is 0 Å². The highest BCUT2D eigenvalue weighted by molar-refractivity contribution is 5.78. The van der Waals surface area contributed by atoms with Crippen LogP contribution in [0.4, 0.5) is 4.39 Å². The van der Waals surface area contributed by atoms with E-state index in [-0.39, 0.29) is 31.2 Å². The molecule has 1 aliphatic rings. The first-order chi connectivity index (χ1) is 9.95. The van der Waals surface area contributed by atoms with Crippen molar-refractivity contribution >= 4 is 11.9 Å². The van der Waals surface area contributed by atoms with Crippen molar-refractivity contribution < 1.29 is 24.2 Å². The monoisotopic (exact) mass is 295 g/mol. The number of carboxylic acids is 1. The molecule has 1 aliphatic carbocycles. The summed E-state index contributed by atoms with van der Waals surface area (Å²) in [6.45, 7) is 0.235. The highest BCUT2D eigenvalue weighted by Gasteiger charge is 2.36. The van der Waals surface area contributed by atoms with Crippen molar-refractivity contribution in [1.82, 2.24) is 5.32 Å². The lowest BCUT2D eigenvalue weighted by Gasteiger charge is -2.15. The Bertz CT molecular complexity index is 534. The number of carbonyl (C=O) groups is 2. The van der Waals surface area contributed by atoms with Gasteiger partial charge in [-0.15, -0.1) is 0 Å². The summed E-state index contributed by atoms with van der Waals surface area (Å²) in [7, 11) is 0. The molecule has 0 bridgehead atoms. The Morgan fingerprint density at radius 2 is 2.10 bits per heavy atom. The summed E-state index contributed by atoms with van der Waals surface area (Å²) in [6.07, 6.45) is -0.0695. The Kier molecular flexibility index (Phi) is 4.90.